The van der Waals surface area contributed by atoms with E-state index in [2.05, 4.69) is 108 Å². The minimum Gasteiger partial charge on any atom is -0.354 e. The summed E-state index contributed by atoms with van der Waals surface area (Å²) in [5, 5.41) is 2.47. The van der Waals surface area contributed by atoms with Crippen LogP contribution < -0.4 is 0 Å². The van der Waals surface area contributed by atoms with E-state index in [4.69, 9.17) is 0 Å². The van der Waals surface area contributed by atoms with Crippen LogP contribution in [-0.2, 0) is 6.42 Å². The molecule has 3 heterocycles. The predicted octanol–water partition coefficient (Wildman–Crippen LogP) is 9.30. The van der Waals surface area contributed by atoms with Gasteiger partial charge in [-0.1, -0.05) is 36.4 Å². The van der Waals surface area contributed by atoms with Crippen molar-refractivity contribution in [2.24, 2.45) is 0 Å². The number of aromatic amines is 1. The number of hydrogen-bond donors (Lipinski definition) is 1. The van der Waals surface area contributed by atoms with Crippen LogP contribution in [0.1, 0.15) is 22.3 Å². The Balaban J connectivity index is 1.27. The summed E-state index contributed by atoms with van der Waals surface area (Å²) in [5.74, 6) is 0. The predicted molar refractivity (Wildman–Crippen MR) is 165 cm³/mol. The highest BCUT2D eigenvalue weighted by Gasteiger charge is 2.23. The maximum atomic E-state index is 4.67. The van der Waals surface area contributed by atoms with E-state index in [0.717, 1.165) is 34.4 Å². The largest absolute Gasteiger partial charge is 0.354 e. The standard InChI is InChI=1S/C37H27N3/c1-22-15-28-27-19-24(9-10-26(27)21-29(28)30(16-22)34-7-3-5-13-38-34)25-11-12-36-31(20-25)32-17-23(2)18-33(37(32)40-36)35-8-4-6-14-39-35/h3-20,40H,21H2,1-2H3. The summed E-state index contributed by atoms with van der Waals surface area (Å²) in [5.41, 5.74) is 17.1. The third-order valence-electron chi connectivity index (χ3n) is 8.23. The van der Waals surface area contributed by atoms with Gasteiger partial charge < -0.3 is 4.98 Å². The number of nitrogens with one attached hydrogen (secondary N) is 1. The molecule has 1 aliphatic carbocycles. The number of hydrogen-bond acceptors (Lipinski definition) is 2. The van der Waals surface area contributed by atoms with Crippen LogP contribution in [0.3, 0.4) is 0 Å². The number of nitrogens with zero attached hydrogens (tertiary/aromatic N) is 2. The second-order valence-electron chi connectivity index (χ2n) is 10.9. The van der Waals surface area contributed by atoms with Crippen LogP contribution in [0.2, 0.25) is 0 Å². The zero-order valence-electron chi connectivity index (χ0n) is 22.5. The fourth-order valence-corrected chi connectivity index (χ4v) is 6.40. The van der Waals surface area contributed by atoms with Crippen LogP contribution in [0, 0.1) is 13.8 Å². The average Bonchev–Trinajstić information content (AvgIpc) is 3.54. The number of rotatable bonds is 3. The fraction of sp³-hybridized carbons (Fsp3) is 0.0811. The van der Waals surface area contributed by atoms with Crippen molar-refractivity contribution < 1.29 is 0 Å². The van der Waals surface area contributed by atoms with Crippen LogP contribution in [0.5, 0.6) is 0 Å². The van der Waals surface area contributed by atoms with Crippen LogP contribution in [0.25, 0.3) is 66.6 Å². The van der Waals surface area contributed by atoms with Gasteiger partial charge in [-0.2, -0.15) is 0 Å². The van der Waals surface area contributed by atoms with Crippen LogP contribution in [0.4, 0.5) is 0 Å². The lowest BCUT2D eigenvalue weighted by Crippen LogP contribution is -1.91. The van der Waals surface area contributed by atoms with Crippen LogP contribution in [0.15, 0.2) is 109 Å². The van der Waals surface area contributed by atoms with E-state index in [0.29, 0.717) is 0 Å². The highest BCUT2D eigenvalue weighted by atomic mass is 14.7. The number of aromatic nitrogens is 3. The molecule has 0 atom stereocenters. The highest BCUT2D eigenvalue weighted by molar-refractivity contribution is 6.13. The summed E-state index contributed by atoms with van der Waals surface area (Å²) in [6.07, 6.45) is 4.68. The molecular weight excluding hydrogens is 486 g/mol. The van der Waals surface area contributed by atoms with Gasteiger partial charge in [-0.05, 0) is 125 Å². The number of H-pyrrole nitrogens is 1. The fourth-order valence-electron chi connectivity index (χ4n) is 6.40. The summed E-state index contributed by atoms with van der Waals surface area (Å²) in [7, 11) is 0. The molecule has 190 valence electrons. The van der Waals surface area contributed by atoms with Gasteiger partial charge >= 0.3 is 0 Å². The van der Waals surface area contributed by atoms with Gasteiger partial charge in [0.05, 0.1) is 16.9 Å². The van der Waals surface area contributed by atoms with Gasteiger partial charge in [0.1, 0.15) is 0 Å². The van der Waals surface area contributed by atoms with Gasteiger partial charge in [-0.15, -0.1) is 0 Å². The van der Waals surface area contributed by atoms with Gasteiger partial charge in [0.25, 0.3) is 0 Å². The number of fused-ring (bicyclic) bond motifs is 6. The molecule has 0 aliphatic heterocycles. The Morgan fingerprint density at radius 2 is 1.25 bits per heavy atom. The molecule has 0 radical (unpaired) electrons. The van der Waals surface area contributed by atoms with Crippen molar-refractivity contribution in [3.05, 3.63) is 132 Å². The molecule has 40 heavy (non-hydrogen) atoms. The molecule has 1 N–H and O–H groups in total. The molecule has 0 amide bonds. The summed E-state index contributed by atoms with van der Waals surface area (Å²) in [6.45, 7) is 4.34. The maximum absolute atomic E-state index is 4.67. The maximum Gasteiger partial charge on any atom is 0.0723 e. The Labute approximate surface area is 233 Å². The second-order valence-corrected chi connectivity index (χ2v) is 10.9. The van der Waals surface area contributed by atoms with E-state index in [1.54, 1.807) is 0 Å². The lowest BCUT2D eigenvalue weighted by molar-refractivity contribution is 1.23. The normalized spacial score (nSPS) is 12.2. The molecule has 0 fully saturated rings. The van der Waals surface area contributed by atoms with Gasteiger partial charge in [0.2, 0.25) is 0 Å². The molecule has 0 bridgehead atoms. The van der Waals surface area contributed by atoms with Crippen molar-refractivity contribution in [3.8, 4) is 44.8 Å². The van der Waals surface area contributed by atoms with Gasteiger partial charge in [0, 0.05) is 39.8 Å². The Morgan fingerprint density at radius 1 is 0.575 bits per heavy atom. The van der Waals surface area contributed by atoms with Crippen molar-refractivity contribution in [2.45, 2.75) is 20.3 Å². The molecule has 0 spiro atoms. The topological polar surface area (TPSA) is 41.6 Å². The molecule has 7 aromatic rings. The van der Waals surface area contributed by atoms with Gasteiger partial charge in [-0.3, -0.25) is 9.97 Å². The number of pyridine rings is 2. The first kappa shape index (κ1) is 22.9. The zero-order valence-corrected chi connectivity index (χ0v) is 22.5. The van der Waals surface area contributed by atoms with Crippen molar-refractivity contribution in [3.63, 3.8) is 0 Å². The third-order valence-corrected chi connectivity index (χ3v) is 8.23. The smallest absolute Gasteiger partial charge is 0.0723 e. The van der Waals surface area contributed by atoms with Crippen LogP contribution >= 0.6 is 0 Å². The van der Waals surface area contributed by atoms with E-state index >= 15 is 0 Å². The quantitative estimate of drug-likeness (QED) is 0.256. The molecular formula is C37H27N3. The molecule has 8 rings (SSSR count). The van der Waals surface area contributed by atoms with Gasteiger partial charge in [-0.25, -0.2) is 0 Å². The van der Waals surface area contributed by atoms with E-state index in [1.807, 2.05) is 30.6 Å². The zero-order chi connectivity index (χ0) is 26.8. The summed E-state index contributed by atoms with van der Waals surface area (Å²) < 4.78 is 0. The Hall–Kier alpha value is -5.02. The first-order valence-corrected chi connectivity index (χ1v) is 13.8. The molecule has 4 aromatic carbocycles. The van der Waals surface area contributed by atoms with Crippen molar-refractivity contribution >= 4 is 21.8 Å². The highest BCUT2D eigenvalue weighted by Crippen LogP contribution is 2.44. The monoisotopic (exact) mass is 513 g/mol. The lowest BCUT2D eigenvalue weighted by Gasteiger charge is -2.10. The Morgan fingerprint density at radius 3 is 2.02 bits per heavy atom. The summed E-state index contributed by atoms with van der Waals surface area (Å²) in [4.78, 5) is 13.0. The molecule has 0 unspecified atom stereocenters. The minimum atomic E-state index is 0.939. The third kappa shape index (κ3) is 3.59. The Kier molecular flexibility index (Phi) is 5.02. The van der Waals surface area contributed by atoms with E-state index in [9.17, 15) is 0 Å². The van der Waals surface area contributed by atoms with Crippen molar-refractivity contribution in [2.75, 3.05) is 0 Å². The number of benzene rings is 4. The van der Waals surface area contributed by atoms with Crippen molar-refractivity contribution in [1.29, 1.82) is 0 Å². The molecule has 0 saturated heterocycles. The summed E-state index contributed by atoms with van der Waals surface area (Å²) in [6, 6.07) is 35.1. The first-order valence-electron chi connectivity index (χ1n) is 13.8. The second kappa shape index (κ2) is 8.75. The van der Waals surface area contributed by atoms with E-state index < -0.39 is 0 Å². The molecule has 3 aromatic heterocycles. The Bertz CT molecular complexity index is 2090. The van der Waals surface area contributed by atoms with Gasteiger partial charge in [0.15, 0.2) is 0 Å². The lowest BCUT2D eigenvalue weighted by atomic mass is 9.94. The number of aryl methyl sites for hydroxylation is 2. The SMILES string of the molecule is Cc1cc(-c2ccccn2)c2c(c1)-c1cc(-c3ccc4[nH]c5c(-c6ccccn6)cc(C)cc5c4c3)ccc1C2. The molecule has 0 saturated carbocycles. The first-order chi connectivity index (χ1) is 19.6. The van der Waals surface area contributed by atoms with Crippen molar-refractivity contribution in [1.82, 2.24) is 15.0 Å². The van der Waals surface area contributed by atoms with E-state index in [1.165, 1.54) is 60.8 Å². The van der Waals surface area contributed by atoms with E-state index in [-0.39, 0.29) is 0 Å². The summed E-state index contributed by atoms with van der Waals surface area (Å²) >= 11 is 0. The molecule has 3 nitrogen and oxygen atoms in total. The molecule has 3 heteroatoms. The minimum absolute atomic E-state index is 0.939. The van der Waals surface area contributed by atoms with Crippen LogP contribution in [-0.4, -0.2) is 15.0 Å². The average molecular weight is 514 g/mol. The molecule has 1 aliphatic rings.